The van der Waals surface area contributed by atoms with Crippen molar-refractivity contribution in [3.05, 3.63) is 41.2 Å². The van der Waals surface area contributed by atoms with Crippen LogP contribution in [0.1, 0.15) is 24.5 Å². The standard InChI is InChI=1S/C14H18FN/c1-3-16-8-4-5-12(10-16)13-7-6-11(2)9-14(13)15/h5-7,9H,3-4,8,10H2,1-2H3. The highest BCUT2D eigenvalue weighted by atomic mass is 19.1. The lowest BCUT2D eigenvalue weighted by Crippen LogP contribution is -2.29. The molecule has 1 aromatic rings. The van der Waals surface area contributed by atoms with Gasteiger partial charge in [-0.05, 0) is 37.1 Å². The van der Waals surface area contributed by atoms with E-state index in [1.165, 1.54) is 0 Å². The van der Waals surface area contributed by atoms with Crippen molar-refractivity contribution >= 4 is 5.57 Å². The fourth-order valence-corrected chi connectivity index (χ4v) is 2.15. The molecule has 1 aliphatic heterocycles. The van der Waals surface area contributed by atoms with E-state index in [-0.39, 0.29) is 5.82 Å². The summed E-state index contributed by atoms with van der Waals surface area (Å²) in [6.07, 6.45) is 3.19. The van der Waals surface area contributed by atoms with E-state index >= 15 is 0 Å². The zero-order valence-electron chi connectivity index (χ0n) is 9.96. The number of likely N-dealkylation sites (N-methyl/N-ethyl adjacent to an activating group) is 1. The quantitative estimate of drug-likeness (QED) is 0.738. The second-order valence-corrected chi connectivity index (χ2v) is 4.37. The molecule has 0 unspecified atom stereocenters. The average Bonchev–Trinajstić information content (AvgIpc) is 2.29. The molecule has 0 saturated carbocycles. The van der Waals surface area contributed by atoms with E-state index in [0.29, 0.717) is 0 Å². The number of benzene rings is 1. The number of rotatable bonds is 2. The van der Waals surface area contributed by atoms with Gasteiger partial charge in [-0.1, -0.05) is 25.1 Å². The first-order valence-corrected chi connectivity index (χ1v) is 5.88. The molecule has 0 fully saturated rings. The maximum absolute atomic E-state index is 13.8. The first kappa shape index (κ1) is 11.3. The molecule has 1 nitrogen and oxygen atoms in total. The van der Waals surface area contributed by atoms with Gasteiger partial charge in [0.1, 0.15) is 5.82 Å². The summed E-state index contributed by atoms with van der Waals surface area (Å²) in [5.41, 5.74) is 2.87. The van der Waals surface area contributed by atoms with Gasteiger partial charge in [0.2, 0.25) is 0 Å². The molecule has 1 aromatic carbocycles. The summed E-state index contributed by atoms with van der Waals surface area (Å²) in [5.74, 6) is -0.0933. The van der Waals surface area contributed by atoms with Gasteiger partial charge in [-0.2, -0.15) is 0 Å². The van der Waals surface area contributed by atoms with E-state index in [1.54, 1.807) is 6.07 Å². The Kier molecular flexibility index (Phi) is 3.39. The van der Waals surface area contributed by atoms with Crippen molar-refractivity contribution in [1.29, 1.82) is 0 Å². The molecular formula is C14H18FN. The maximum atomic E-state index is 13.8. The Morgan fingerprint density at radius 2 is 2.19 bits per heavy atom. The molecule has 0 radical (unpaired) electrons. The van der Waals surface area contributed by atoms with Gasteiger partial charge >= 0.3 is 0 Å². The number of hydrogen-bond acceptors (Lipinski definition) is 1. The van der Waals surface area contributed by atoms with Crippen LogP contribution in [0.2, 0.25) is 0 Å². The molecule has 2 rings (SSSR count). The topological polar surface area (TPSA) is 3.24 Å². The van der Waals surface area contributed by atoms with Gasteiger partial charge in [0.25, 0.3) is 0 Å². The van der Waals surface area contributed by atoms with Crippen molar-refractivity contribution in [3.8, 4) is 0 Å². The van der Waals surface area contributed by atoms with Gasteiger partial charge in [0.05, 0.1) is 0 Å². The number of aryl methyl sites for hydroxylation is 1. The summed E-state index contributed by atoms with van der Waals surface area (Å²) in [6, 6.07) is 5.49. The fraction of sp³-hybridized carbons (Fsp3) is 0.429. The van der Waals surface area contributed by atoms with Crippen LogP contribution in [0.4, 0.5) is 4.39 Å². The second-order valence-electron chi connectivity index (χ2n) is 4.37. The van der Waals surface area contributed by atoms with Crippen LogP contribution in [-0.4, -0.2) is 24.5 Å². The van der Waals surface area contributed by atoms with Crippen molar-refractivity contribution < 1.29 is 4.39 Å². The van der Waals surface area contributed by atoms with Crippen LogP contribution in [-0.2, 0) is 0 Å². The molecule has 0 aromatic heterocycles. The number of hydrogen-bond donors (Lipinski definition) is 0. The monoisotopic (exact) mass is 219 g/mol. The molecule has 0 spiro atoms. The predicted molar refractivity (Wildman–Crippen MR) is 65.8 cm³/mol. The van der Waals surface area contributed by atoms with Crippen molar-refractivity contribution in [2.24, 2.45) is 0 Å². The summed E-state index contributed by atoms with van der Waals surface area (Å²) in [4.78, 5) is 2.34. The third-order valence-corrected chi connectivity index (χ3v) is 3.15. The molecule has 0 saturated heterocycles. The molecule has 0 atom stereocenters. The van der Waals surface area contributed by atoms with E-state index < -0.39 is 0 Å². The van der Waals surface area contributed by atoms with Crippen molar-refractivity contribution in [2.75, 3.05) is 19.6 Å². The Balaban J connectivity index is 2.27. The van der Waals surface area contributed by atoms with Crippen LogP contribution in [0.3, 0.4) is 0 Å². The van der Waals surface area contributed by atoms with Crippen molar-refractivity contribution in [2.45, 2.75) is 20.3 Å². The van der Waals surface area contributed by atoms with Gasteiger partial charge in [-0.25, -0.2) is 4.39 Å². The van der Waals surface area contributed by atoms with Crippen LogP contribution in [0, 0.1) is 12.7 Å². The Bertz CT molecular complexity index is 409. The SMILES string of the molecule is CCN1CCC=C(c2ccc(C)cc2F)C1. The highest BCUT2D eigenvalue weighted by molar-refractivity contribution is 5.68. The van der Waals surface area contributed by atoms with Gasteiger partial charge in [0.15, 0.2) is 0 Å². The van der Waals surface area contributed by atoms with Gasteiger partial charge in [-0.15, -0.1) is 0 Å². The third kappa shape index (κ3) is 2.33. The van der Waals surface area contributed by atoms with Gasteiger partial charge < -0.3 is 0 Å². The molecule has 86 valence electrons. The van der Waals surface area contributed by atoms with E-state index in [4.69, 9.17) is 0 Å². The Labute approximate surface area is 96.6 Å². The fourth-order valence-electron chi connectivity index (χ4n) is 2.15. The van der Waals surface area contributed by atoms with Crippen LogP contribution in [0.5, 0.6) is 0 Å². The Morgan fingerprint density at radius 3 is 2.88 bits per heavy atom. The highest BCUT2D eigenvalue weighted by Crippen LogP contribution is 2.23. The zero-order chi connectivity index (χ0) is 11.5. The summed E-state index contributed by atoms with van der Waals surface area (Å²) in [6.45, 7) is 7.06. The largest absolute Gasteiger partial charge is 0.299 e. The first-order chi connectivity index (χ1) is 7.70. The van der Waals surface area contributed by atoms with Crippen LogP contribution >= 0.6 is 0 Å². The Morgan fingerprint density at radius 1 is 1.38 bits per heavy atom. The molecule has 1 aliphatic rings. The molecular weight excluding hydrogens is 201 g/mol. The van der Waals surface area contributed by atoms with Crippen LogP contribution < -0.4 is 0 Å². The zero-order valence-corrected chi connectivity index (χ0v) is 9.96. The van der Waals surface area contributed by atoms with E-state index in [1.807, 2.05) is 19.1 Å². The van der Waals surface area contributed by atoms with Crippen LogP contribution in [0.25, 0.3) is 5.57 Å². The molecule has 0 amide bonds. The number of halogens is 1. The molecule has 16 heavy (non-hydrogen) atoms. The normalized spacial score (nSPS) is 17.3. The lowest BCUT2D eigenvalue weighted by atomic mass is 9.99. The lowest BCUT2D eigenvalue weighted by molar-refractivity contribution is 0.321. The molecule has 0 bridgehead atoms. The first-order valence-electron chi connectivity index (χ1n) is 5.88. The van der Waals surface area contributed by atoms with Gasteiger partial charge in [-0.3, -0.25) is 4.90 Å². The van der Waals surface area contributed by atoms with Gasteiger partial charge in [0, 0.05) is 18.7 Å². The predicted octanol–water partition coefficient (Wildman–Crippen LogP) is 3.24. The van der Waals surface area contributed by atoms with E-state index in [9.17, 15) is 4.39 Å². The second kappa shape index (κ2) is 4.79. The molecule has 0 aliphatic carbocycles. The summed E-state index contributed by atoms with van der Waals surface area (Å²) >= 11 is 0. The lowest BCUT2D eigenvalue weighted by Gasteiger charge is -2.26. The molecule has 0 N–H and O–H groups in total. The minimum atomic E-state index is -0.0933. The Hall–Kier alpha value is -1.15. The van der Waals surface area contributed by atoms with Crippen molar-refractivity contribution in [3.63, 3.8) is 0 Å². The minimum absolute atomic E-state index is 0.0933. The molecule has 2 heteroatoms. The van der Waals surface area contributed by atoms with Crippen molar-refractivity contribution in [1.82, 2.24) is 4.90 Å². The summed E-state index contributed by atoms with van der Waals surface area (Å²) in [5, 5.41) is 0. The summed E-state index contributed by atoms with van der Waals surface area (Å²) in [7, 11) is 0. The van der Waals surface area contributed by atoms with E-state index in [2.05, 4.69) is 17.9 Å². The van der Waals surface area contributed by atoms with Crippen LogP contribution in [0.15, 0.2) is 24.3 Å². The summed E-state index contributed by atoms with van der Waals surface area (Å²) < 4.78 is 13.8. The third-order valence-electron chi connectivity index (χ3n) is 3.15. The number of nitrogens with zero attached hydrogens (tertiary/aromatic N) is 1. The average molecular weight is 219 g/mol. The maximum Gasteiger partial charge on any atom is 0.131 e. The minimum Gasteiger partial charge on any atom is -0.299 e. The smallest absolute Gasteiger partial charge is 0.131 e. The van der Waals surface area contributed by atoms with E-state index in [0.717, 1.165) is 42.8 Å². The molecule has 1 heterocycles. The highest BCUT2D eigenvalue weighted by Gasteiger charge is 2.14.